The van der Waals surface area contributed by atoms with Crippen LogP contribution in [0.2, 0.25) is 5.02 Å². The van der Waals surface area contributed by atoms with Crippen LogP contribution in [0, 0.1) is 0 Å². The number of ether oxygens (including phenoxy) is 3. The zero-order valence-corrected chi connectivity index (χ0v) is 28.0. The molecule has 1 aliphatic heterocycles. The van der Waals surface area contributed by atoms with Crippen molar-refractivity contribution in [2.24, 2.45) is 0 Å². The molecule has 3 N–H and O–H groups in total. The van der Waals surface area contributed by atoms with Crippen molar-refractivity contribution in [3.63, 3.8) is 0 Å². The first-order valence-corrected chi connectivity index (χ1v) is 16.1. The van der Waals surface area contributed by atoms with Crippen molar-refractivity contribution in [3.8, 4) is 0 Å². The molecule has 1 aliphatic rings. The van der Waals surface area contributed by atoms with Crippen LogP contribution in [0.25, 0.3) is 0 Å². The van der Waals surface area contributed by atoms with E-state index in [1.165, 1.54) is 0 Å². The number of aromatic nitrogens is 2. The van der Waals surface area contributed by atoms with Gasteiger partial charge in [0.05, 0.1) is 6.61 Å². The van der Waals surface area contributed by atoms with Gasteiger partial charge in [0.2, 0.25) is 0 Å². The molecule has 1 amide bonds. The number of aliphatic hydroxyl groups is 1. The van der Waals surface area contributed by atoms with Crippen molar-refractivity contribution in [3.05, 3.63) is 82.0 Å². The third-order valence-corrected chi connectivity index (χ3v) is 7.91. The van der Waals surface area contributed by atoms with E-state index < -0.39 is 29.9 Å². The van der Waals surface area contributed by atoms with E-state index in [0.29, 0.717) is 36.6 Å². The highest BCUT2D eigenvalue weighted by Gasteiger charge is 2.33. The van der Waals surface area contributed by atoms with Crippen LogP contribution >= 0.6 is 11.6 Å². The van der Waals surface area contributed by atoms with Crippen LogP contribution in [-0.2, 0) is 38.6 Å². The van der Waals surface area contributed by atoms with Crippen LogP contribution in [0.15, 0.2) is 54.6 Å². The number of hydrogen-bond acceptors (Lipinski definition) is 9. The van der Waals surface area contributed by atoms with E-state index in [1.54, 1.807) is 18.7 Å². The summed E-state index contributed by atoms with van der Waals surface area (Å²) in [6, 6.07) is 16.1. The lowest BCUT2D eigenvalue weighted by atomic mass is 10.0. The number of nitrogens with one attached hydrogen (secondary N) is 2. The summed E-state index contributed by atoms with van der Waals surface area (Å²) in [7, 11) is 1.58. The van der Waals surface area contributed by atoms with E-state index in [2.05, 4.69) is 15.5 Å². The summed E-state index contributed by atoms with van der Waals surface area (Å²) >= 11 is 6.63. The van der Waals surface area contributed by atoms with E-state index in [-0.39, 0.29) is 19.4 Å². The second kappa shape index (κ2) is 16.3. The normalized spacial score (nSPS) is 16.5. The number of anilines is 1. The molecule has 12 heteroatoms. The third kappa shape index (κ3) is 9.68. The minimum atomic E-state index is -1.33. The molecule has 1 fully saturated rings. The molecule has 0 radical (unpaired) electrons. The number of benzene rings is 2. The summed E-state index contributed by atoms with van der Waals surface area (Å²) in [6.07, 6.45) is 0.467. The Morgan fingerprint density at radius 2 is 1.85 bits per heavy atom. The average molecular weight is 656 g/mol. The number of alkyl carbamates (subject to hydrolysis) is 1. The maximum absolute atomic E-state index is 13.1. The number of amides is 1. The molecule has 0 saturated carbocycles. The molecule has 46 heavy (non-hydrogen) atoms. The number of rotatable bonds is 13. The molecule has 0 spiro atoms. The van der Waals surface area contributed by atoms with E-state index in [0.717, 1.165) is 35.3 Å². The quantitative estimate of drug-likeness (QED) is 0.173. The van der Waals surface area contributed by atoms with Gasteiger partial charge in [0.25, 0.3) is 0 Å². The van der Waals surface area contributed by atoms with Crippen LogP contribution in [-0.4, -0.2) is 71.4 Å². The minimum Gasteiger partial charge on any atom is -0.465 e. The minimum absolute atomic E-state index is 0.115. The molecule has 250 valence electrons. The predicted octanol–water partition coefficient (Wildman–Crippen LogP) is 4.98. The molecule has 11 nitrogen and oxygen atoms in total. The summed E-state index contributed by atoms with van der Waals surface area (Å²) in [5, 5.41) is 23.2. The number of carbonyl (C=O) groups is 2. The van der Waals surface area contributed by atoms with Crippen molar-refractivity contribution < 1.29 is 28.9 Å². The largest absolute Gasteiger partial charge is 0.465 e. The first kappa shape index (κ1) is 35.2. The Hall–Kier alpha value is -3.64. The summed E-state index contributed by atoms with van der Waals surface area (Å²) in [5.74, 6) is 0.269. The first-order chi connectivity index (χ1) is 22.0. The predicted molar refractivity (Wildman–Crippen MR) is 177 cm³/mol. The summed E-state index contributed by atoms with van der Waals surface area (Å²) < 4.78 is 18.1. The number of hydrogen-bond donors (Lipinski definition) is 3. The van der Waals surface area contributed by atoms with Gasteiger partial charge < -0.3 is 29.5 Å². The Bertz CT molecular complexity index is 1440. The zero-order chi connectivity index (χ0) is 33.3. The molecule has 1 saturated heterocycles. The second-order valence-corrected chi connectivity index (χ2v) is 12.8. The number of carbonyl (C=O) groups excluding carboxylic acids is 2. The standard InChI is InChI=1S/C34H46ClN5O6/c1-6-45-32(42)28(19-23-13-8-7-9-14-23)37-30(41)29-26(20-24-15-10-11-17-27(24)35)31(40(38-29)22-44-5)39-18-12-16-25(21-39)36-33(43)46-34(2,3)4/h7-11,13-15,17,25,28,30,37,41H,6,12,16,18-22H2,1-5H3,(H,36,43)/t25-,28+,30?/m1/s1. The summed E-state index contributed by atoms with van der Waals surface area (Å²) in [4.78, 5) is 27.8. The van der Waals surface area contributed by atoms with Crippen LogP contribution in [0.5, 0.6) is 0 Å². The fourth-order valence-electron chi connectivity index (χ4n) is 5.63. The molecule has 3 atom stereocenters. The second-order valence-electron chi connectivity index (χ2n) is 12.4. The Morgan fingerprint density at radius 3 is 2.52 bits per heavy atom. The lowest BCUT2D eigenvalue weighted by Gasteiger charge is -2.35. The van der Waals surface area contributed by atoms with Crippen LogP contribution in [0.3, 0.4) is 0 Å². The monoisotopic (exact) mass is 655 g/mol. The van der Waals surface area contributed by atoms with Gasteiger partial charge in [-0.1, -0.05) is 60.1 Å². The first-order valence-electron chi connectivity index (χ1n) is 15.7. The number of nitrogens with zero attached hydrogens (tertiary/aromatic N) is 3. The van der Waals surface area contributed by atoms with Gasteiger partial charge in [0, 0.05) is 43.2 Å². The Balaban J connectivity index is 1.71. The Labute approximate surface area is 276 Å². The van der Waals surface area contributed by atoms with Gasteiger partial charge >= 0.3 is 12.1 Å². The maximum Gasteiger partial charge on any atom is 0.407 e. The van der Waals surface area contributed by atoms with Gasteiger partial charge in [-0.2, -0.15) is 5.10 Å². The lowest BCUT2D eigenvalue weighted by Crippen LogP contribution is -2.49. The highest BCUT2D eigenvalue weighted by molar-refractivity contribution is 6.31. The molecule has 2 aromatic carbocycles. The molecule has 3 aromatic rings. The van der Waals surface area contributed by atoms with Gasteiger partial charge in [-0.05, 0) is 64.2 Å². The highest BCUT2D eigenvalue weighted by Crippen LogP contribution is 2.34. The van der Waals surface area contributed by atoms with Crippen molar-refractivity contribution in [1.82, 2.24) is 20.4 Å². The zero-order valence-electron chi connectivity index (χ0n) is 27.3. The fraction of sp³-hybridized carbons (Fsp3) is 0.500. The van der Waals surface area contributed by atoms with Gasteiger partial charge in [0.15, 0.2) is 6.23 Å². The van der Waals surface area contributed by atoms with Crippen LogP contribution in [0.4, 0.5) is 10.6 Å². The molecule has 1 unspecified atom stereocenters. The molecular weight excluding hydrogens is 610 g/mol. The Kier molecular flexibility index (Phi) is 12.5. The Morgan fingerprint density at radius 1 is 1.13 bits per heavy atom. The third-order valence-electron chi connectivity index (χ3n) is 7.54. The van der Waals surface area contributed by atoms with E-state index in [9.17, 15) is 14.7 Å². The number of halogens is 1. The number of esters is 1. The molecule has 4 rings (SSSR count). The van der Waals surface area contributed by atoms with Gasteiger partial charge in [-0.15, -0.1) is 0 Å². The van der Waals surface area contributed by atoms with Crippen LogP contribution in [0.1, 0.15) is 69.1 Å². The van der Waals surface area contributed by atoms with E-state index >= 15 is 0 Å². The maximum atomic E-state index is 13.1. The number of methoxy groups -OCH3 is 1. The van der Waals surface area contributed by atoms with Gasteiger partial charge in [0.1, 0.15) is 29.9 Å². The highest BCUT2D eigenvalue weighted by atomic mass is 35.5. The summed E-state index contributed by atoms with van der Waals surface area (Å²) in [6.45, 7) is 8.75. The van der Waals surface area contributed by atoms with Crippen LogP contribution < -0.4 is 15.5 Å². The van der Waals surface area contributed by atoms with Gasteiger partial charge in [-0.3, -0.25) is 10.1 Å². The summed E-state index contributed by atoms with van der Waals surface area (Å²) in [5.41, 5.74) is 2.22. The van der Waals surface area contributed by atoms with Gasteiger partial charge in [-0.25, -0.2) is 9.48 Å². The molecule has 2 heterocycles. The number of piperidine rings is 1. The van der Waals surface area contributed by atoms with Crippen molar-refractivity contribution in [1.29, 1.82) is 0 Å². The fourth-order valence-corrected chi connectivity index (χ4v) is 5.83. The molecule has 0 bridgehead atoms. The number of aliphatic hydroxyl groups excluding tert-OH is 1. The van der Waals surface area contributed by atoms with E-state index in [1.807, 2.05) is 75.4 Å². The van der Waals surface area contributed by atoms with Crippen molar-refractivity contribution in [2.45, 2.75) is 84.0 Å². The molecule has 0 aliphatic carbocycles. The van der Waals surface area contributed by atoms with E-state index in [4.69, 9.17) is 30.9 Å². The average Bonchev–Trinajstić information content (AvgIpc) is 3.35. The molecular formula is C34H46ClN5O6. The smallest absolute Gasteiger partial charge is 0.407 e. The molecule has 1 aromatic heterocycles. The topological polar surface area (TPSA) is 127 Å². The van der Waals surface area contributed by atoms with Crippen molar-refractivity contribution in [2.75, 3.05) is 31.7 Å². The SMILES string of the molecule is CCOC(=O)[C@H](Cc1ccccc1)NC(O)c1nn(COC)c(N2CCC[C@@H](NC(=O)OC(C)(C)C)C2)c1Cc1ccccc1Cl. The van der Waals surface area contributed by atoms with Crippen molar-refractivity contribution >= 4 is 29.5 Å². The lowest BCUT2D eigenvalue weighted by molar-refractivity contribution is -0.146.